The lowest BCUT2D eigenvalue weighted by Gasteiger charge is -2.24. The quantitative estimate of drug-likeness (QED) is 0.741. The fourth-order valence-electron chi connectivity index (χ4n) is 2.45. The van der Waals surface area contributed by atoms with Crippen LogP contribution in [-0.2, 0) is 11.3 Å². The third kappa shape index (κ3) is 2.88. The molecule has 2 aromatic heterocycles. The van der Waals surface area contributed by atoms with Crippen LogP contribution in [0.5, 0.6) is 0 Å². The number of para-hydroxylation sites is 2. The van der Waals surface area contributed by atoms with Gasteiger partial charge in [0.15, 0.2) is 5.58 Å². The van der Waals surface area contributed by atoms with Crippen molar-refractivity contribution in [2.45, 2.75) is 19.5 Å². The molecule has 0 fully saturated rings. The molecule has 6 heteroatoms. The van der Waals surface area contributed by atoms with Crippen LogP contribution < -0.4 is 5.76 Å². The third-order valence-corrected chi connectivity index (χ3v) is 3.96. The predicted molar refractivity (Wildman–Crippen MR) is 85.9 cm³/mol. The SMILES string of the molecule is C[C@H](c1ccccn1)N(C)C(=O)Cn1c(=O)oc2ccccc21. The average molecular weight is 311 g/mol. The number of hydrogen-bond donors (Lipinski definition) is 0. The van der Waals surface area contributed by atoms with Crippen molar-refractivity contribution < 1.29 is 9.21 Å². The molecule has 0 unspecified atom stereocenters. The minimum absolute atomic E-state index is 0.0660. The molecule has 0 aliphatic carbocycles. The number of amides is 1. The van der Waals surface area contributed by atoms with Crippen molar-refractivity contribution in [3.63, 3.8) is 0 Å². The second kappa shape index (κ2) is 6.08. The Labute approximate surface area is 133 Å². The average Bonchev–Trinajstić information content (AvgIpc) is 2.90. The largest absolute Gasteiger partial charge is 0.420 e. The Morgan fingerprint density at radius 3 is 2.74 bits per heavy atom. The molecule has 0 saturated heterocycles. The van der Waals surface area contributed by atoms with E-state index >= 15 is 0 Å². The zero-order valence-electron chi connectivity index (χ0n) is 13.0. The van der Waals surface area contributed by atoms with Gasteiger partial charge < -0.3 is 9.32 Å². The minimum Gasteiger partial charge on any atom is -0.408 e. The van der Waals surface area contributed by atoms with Crippen LogP contribution in [0.15, 0.2) is 57.9 Å². The summed E-state index contributed by atoms with van der Waals surface area (Å²) in [6.45, 7) is 1.83. The zero-order valence-corrected chi connectivity index (χ0v) is 13.0. The number of likely N-dealkylation sites (N-methyl/N-ethyl adjacent to an activating group) is 1. The van der Waals surface area contributed by atoms with E-state index in [9.17, 15) is 9.59 Å². The number of hydrogen-bond acceptors (Lipinski definition) is 4. The van der Waals surface area contributed by atoms with Crippen molar-refractivity contribution in [2.24, 2.45) is 0 Å². The molecule has 3 aromatic rings. The number of benzene rings is 1. The van der Waals surface area contributed by atoms with Crippen LogP contribution in [0.1, 0.15) is 18.7 Å². The monoisotopic (exact) mass is 311 g/mol. The van der Waals surface area contributed by atoms with Crippen LogP contribution in [0, 0.1) is 0 Å². The van der Waals surface area contributed by atoms with Crippen LogP contribution in [-0.4, -0.2) is 27.4 Å². The molecule has 0 saturated carbocycles. The molecule has 1 aromatic carbocycles. The summed E-state index contributed by atoms with van der Waals surface area (Å²) in [7, 11) is 1.70. The van der Waals surface area contributed by atoms with Gasteiger partial charge >= 0.3 is 5.76 Å². The number of pyridine rings is 1. The van der Waals surface area contributed by atoms with Gasteiger partial charge in [0.2, 0.25) is 5.91 Å². The Balaban J connectivity index is 1.83. The molecule has 0 aliphatic rings. The molecular weight excluding hydrogens is 294 g/mol. The number of rotatable bonds is 4. The molecule has 0 spiro atoms. The van der Waals surface area contributed by atoms with E-state index in [4.69, 9.17) is 4.42 Å². The highest BCUT2D eigenvalue weighted by Crippen LogP contribution is 2.17. The van der Waals surface area contributed by atoms with E-state index in [2.05, 4.69) is 4.98 Å². The van der Waals surface area contributed by atoms with E-state index in [1.807, 2.05) is 25.1 Å². The standard InChI is InChI=1S/C17H17N3O3/c1-12(13-7-5-6-10-18-13)19(2)16(21)11-20-14-8-3-4-9-15(14)23-17(20)22/h3-10,12H,11H2,1-2H3/t12-/m1/s1. The predicted octanol–water partition coefficient (Wildman–Crippen LogP) is 2.21. The molecular formula is C17H17N3O3. The van der Waals surface area contributed by atoms with E-state index in [-0.39, 0.29) is 18.5 Å². The molecule has 23 heavy (non-hydrogen) atoms. The lowest BCUT2D eigenvalue weighted by molar-refractivity contribution is -0.132. The van der Waals surface area contributed by atoms with Crippen molar-refractivity contribution >= 4 is 17.0 Å². The first-order valence-corrected chi connectivity index (χ1v) is 7.33. The maximum Gasteiger partial charge on any atom is 0.420 e. The third-order valence-electron chi connectivity index (χ3n) is 3.96. The number of carbonyl (C=O) groups is 1. The van der Waals surface area contributed by atoms with Gasteiger partial charge in [0.1, 0.15) is 6.54 Å². The van der Waals surface area contributed by atoms with Gasteiger partial charge in [-0.05, 0) is 31.2 Å². The lowest BCUT2D eigenvalue weighted by atomic mass is 10.2. The molecule has 6 nitrogen and oxygen atoms in total. The van der Waals surface area contributed by atoms with Gasteiger partial charge in [-0.25, -0.2) is 4.79 Å². The van der Waals surface area contributed by atoms with Crippen LogP contribution >= 0.6 is 0 Å². The number of carbonyl (C=O) groups excluding carboxylic acids is 1. The van der Waals surface area contributed by atoms with Crippen molar-refractivity contribution in [2.75, 3.05) is 7.05 Å². The Hall–Kier alpha value is -2.89. The van der Waals surface area contributed by atoms with Gasteiger partial charge in [0.25, 0.3) is 0 Å². The highest BCUT2D eigenvalue weighted by molar-refractivity contribution is 5.79. The lowest BCUT2D eigenvalue weighted by Crippen LogP contribution is -2.34. The van der Waals surface area contributed by atoms with E-state index in [1.54, 1.807) is 42.4 Å². The van der Waals surface area contributed by atoms with E-state index in [0.29, 0.717) is 11.1 Å². The summed E-state index contributed by atoms with van der Waals surface area (Å²) in [5, 5.41) is 0. The Morgan fingerprint density at radius 2 is 2.00 bits per heavy atom. The molecule has 1 atom stereocenters. The summed E-state index contributed by atoms with van der Waals surface area (Å²) in [5.74, 6) is -0.713. The first-order chi connectivity index (χ1) is 11.1. The Bertz CT molecular complexity index is 883. The first kappa shape index (κ1) is 15.0. The molecule has 3 rings (SSSR count). The first-order valence-electron chi connectivity index (χ1n) is 7.33. The Morgan fingerprint density at radius 1 is 1.26 bits per heavy atom. The maximum absolute atomic E-state index is 12.5. The van der Waals surface area contributed by atoms with E-state index in [0.717, 1.165) is 5.69 Å². The fraction of sp³-hybridized carbons (Fsp3) is 0.235. The van der Waals surface area contributed by atoms with Gasteiger partial charge in [-0.1, -0.05) is 18.2 Å². The molecule has 1 amide bonds. The summed E-state index contributed by atoms with van der Waals surface area (Å²) in [6.07, 6.45) is 1.69. The van der Waals surface area contributed by atoms with Crippen molar-refractivity contribution in [3.8, 4) is 0 Å². The van der Waals surface area contributed by atoms with E-state index in [1.165, 1.54) is 4.57 Å². The number of oxazole rings is 1. The minimum atomic E-state index is -0.529. The van der Waals surface area contributed by atoms with Crippen LogP contribution in [0.3, 0.4) is 0 Å². The normalized spacial score (nSPS) is 12.3. The molecule has 0 radical (unpaired) electrons. The maximum atomic E-state index is 12.5. The molecule has 118 valence electrons. The summed E-state index contributed by atoms with van der Waals surface area (Å²) in [4.78, 5) is 30.3. The number of aromatic nitrogens is 2. The van der Waals surface area contributed by atoms with Crippen molar-refractivity contribution in [3.05, 3.63) is 64.9 Å². The fourth-order valence-corrected chi connectivity index (χ4v) is 2.45. The molecule has 2 heterocycles. The van der Waals surface area contributed by atoms with Crippen LogP contribution in [0.4, 0.5) is 0 Å². The second-order valence-corrected chi connectivity index (χ2v) is 5.36. The Kier molecular flexibility index (Phi) is 3.97. The number of fused-ring (bicyclic) bond motifs is 1. The highest BCUT2D eigenvalue weighted by Gasteiger charge is 2.20. The smallest absolute Gasteiger partial charge is 0.408 e. The summed E-state index contributed by atoms with van der Waals surface area (Å²) in [5.41, 5.74) is 1.89. The van der Waals surface area contributed by atoms with Gasteiger partial charge in [-0.2, -0.15) is 0 Å². The topological polar surface area (TPSA) is 68.3 Å². The molecule has 0 aliphatic heterocycles. The summed E-state index contributed by atoms with van der Waals surface area (Å²) >= 11 is 0. The summed E-state index contributed by atoms with van der Waals surface area (Å²) < 4.78 is 6.50. The van der Waals surface area contributed by atoms with Crippen molar-refractivity contribution in [1.82, 2.24) is 14.5 Å². The van der Waals surface area contributed by atoms with Crippen molar-refractivity contribution in [1.29, 1.82) is 0 Å². The summed E-state index contributed by atoms with van der Waals surface area (Å²) in [6, 6.07) is 12.4. The molecule has 0 bridgehead atoms. The number of nitrogens with zero attached hydrogens (tertiary/aromatic N) is 3. The highest BCUT2D eigenvalue weighted by atomic mass is 16.4. The van der Waals surface area contributed by atoms with Crippen LogP contribution in [0.25, 0.3) is 11.1 Å². The van der Waals surface area contributed by atoms with Crippen LogP contribution in [0.2, 0.25) is 0 Å². The van der Waals surface area contributed by atoms with Gasteiger partial charge in [0.05, 0.1) is 17.3 Å². The second-order valence-electron chi connectivity index (χ2n) is 5.36. The zero-order chi connectivity index (χ0) is 16.4. The molecule has 0 N–H and O–H groups in total. The van der Waals surface area contributed by atoms with Gasteiger partial charge in [-0.3, -0.25) is 14.3 Å². The van der Waals surface area contributed by atoms with E-state index < -0.39 is 5.76 Å². The van der Waals surface area contributed by atoms with Gasteiger partial charge in [0, 0.05) is 13.2 Å². The van der Waals surface area contributed by atoms with Gasteiger partial charge in [-0.15, -0.1) is 0 Å².